The van der Waals surface area contributed by atoms with E-state index < -0.39 is 0 Å². The molecular formula is C20H27N3O4. The molecule has 2 saturated heterocycles. The number of aromatic nitrogens is 2. The molecule has 7 heteroatoms. The largest absolute Gasteiger partial charge is 0.381 e. The molecule has 1 aromatic carbocycles. The lowest BCUT2D eigenvalue weighted by molar-refractivity contribution is -0.145. The number of H-pyrrole nitrogens is 1. The zero-order chi connectivity index (χ0) is 18.7. The fraction of sp³-hybridized carbons (Fsp3) is 0.600. The van der Waals surface area contributed by atoms with Gasteiger partial charge in [-0.2, -0.15) is 0 Å². The molecule has 4 rings (SSSR count). The van der Waals surface area contributed by atoms with E-state index in [4.69, 9.17) is 14.2 Å². The van der Waals surface area contributed by atoms with Crippen LogP contribution in [-0.4, -0.2) is 53.9 Å². The van der Waals surface area contributed by atoms with Gasteiger partial charge in [-0.15, -0.1) is 0 Å². The first-order valence-corrected chi connectivity index (χ1v) is 9.67. The van der Waals surface area contributed by atoms with Crippen LogP contribution in [0.5, 0.6) is 0 Å². The van der Waals surface area contributed by atoms with Crippen molar-refractivity contribution in [3.05, 3.63) is 29.6 Å². The molecule has 1 amide bonds. The van der Waals surface area contributed by atoms with Gasteiger partial charge in [0.15, 0.2) is 0 Å². The van der Waals surface area contributed by atoms with Crippen molar-refractivity contribution in [2.45, 2.75) is 50.9 Å². The van der Waals surface area contributed by atoms with Crippen LogP contribution in [0.15, 0.2) is 18.2 Å². The van der Waals surface area contributed by atoms with Gasteiger partial charge in [0.05, 0.1) is 16.6 Å². The van der Waals surface area contributed by atoms with Gasteiger partial charge >= 0.3 is 0 Å². The predicted octanol–water partition coefficient (Wildman–Crippen LogP) is 2.23. The van der Waals surface area contributed by atoms with Gasteiger partial charge in [-0.05, 0) is 44.2 Å². The van der Waals surface area contributed by atoms with E-state index in [0.717, 1.165) is 61.3 Å². The molecule has 27 heavy (non-hydrogen) atoms. The topological polar surface area (TPSA) is 85.5 Å². The SMILES string of the molecule is Cc1cccc2[nH]c(COCC(=O)N[C@@H]3CCOC4(CCOCC4)C3)nc12. The van der Waals surface area contributed by atoms with Crippen molar-refractivity contribution in [3.8, 4) is 0 Å². The average molecular weight is 373 g/mol. The van der Waals surface area contributed by atoms with Gasteiger partial charge in [0.1, 0.15) is 19.0 Å². The predicted molar refractivity (Wildman–Crippen MR) is 100 cm³/mol. The minimum atomic E-state index is -0.124. The summed E-state index contributed by atoms with van der Waals surface area (Å²) < 4.78 is 17.0. The molecule has 3 heterocycles. The number of imidazole rings is 1. The number of para-hydroxylation sites is 1. The summed E-state index contributed by atoms with van der Waals surface area (Å²) in [5.74, 6) is 0.649. The van der Waals surface area contributed by atoms with Crippen molar-refractivity contribution < 1.29 is 19.0 Å². The molecule has 0 aliphatic carbocycles. The van der Waals surface area contributed by atoms with Crippen LogP contribution in [0.2, 0.25) is 0 Å². The Morgan fingerprint density at radius 1 is 1.37 bits per heavy atom. The van der Waals surface area contributed by atoms with Crippen LogP contribution in [-0.2, 0) is 25.6 Å². The zero-order valence-corrected chi connectivity index (χ0v) is 15.8. The number of hydrogen-bond acceptors (Lipinski definition) is 5. The standard InChI is InChI=1S/C20H27N3O4/c1-14-3-2-4-16-19(14)23-17(22-16)12-26-13-18(24)21-15-5-8-27-20(11-15)6-9-25-10-7-20/h2-4,15H,5-13H2,1H3,(H,21,24)(H,22,23)/t15-/m1/s1. The maximum absolute atomic E-state index is 12.3. The van der Waals surface area contributed by atoms with Crippen molar-refractivity contribution in [2.24, 2.45) is 0 Å². The number of ether oxygens (including phenoxy) is 3. The monoisotopic (exact) mass is 373 g/mol. The highest BCUT2D eigenvalue weighted by Gasteiger charge is 2.39. The first-order valence-electron chi connectivity index (χ1n) is 9.67. The molecule has 0 unspecified atom stereocenters. The van der Waals surface area contributed by atoms with E-state index in [1.807, 2.05) is 25.1 Å². The van der Waals surface area contributed by atoms with Gasteiger partial charge < -0.3 is 24.5 Å². The van der Waals surface area contributed by atoms with Crippen LogP contribution in [0.1, 0.15) is 37.1 Å². The Balaban J connectivity index is 1.25. The van der Waals surface area contributed by atoms with Crippen molar-refractivity contribution in [1.29, 1.82) is 0 Å². The van der Waals surface area contributed by atoms with Gasteiger partial charge in [0, 0.05) is 25.9 Å². The Kier molecular flexibility index (Phi) is 5.43. The second kappa shape index (κ2) is 7.96. The molecule has 2 fully saturated rings. The van der Waals surface area contributed by atoms with Crippen molar-refractivity contribution >= 4 is 16.9 Å². The molecule has 0 bridgehead atoms. The van der Waals surface area contributed by atoms with E-state index >= 15 is 0 Å². The Labute approximate surface area is 158 Å². The lowest BCUT2D eigenvalue weighted by Gasteiger charge is -2.43. The summed E-state index contributed by atoms with van der Waals surface area (Å²) in [5, 5.41) is 3.10. The molecule has 7 nitrogen and oxygen atoms in total. The maximum atomic E-state index is 12.3. The lowest BCUT2D eigenvalue weighted by atomic mass is 9.84. The van der Waals surface area contributed by atoms with Crippen LogP contribution in [0.3, 0.4) is 0 Å². The third-order valence-electron chi connectivity index (χ3n) is 5.50. The number of aryl methyl sites for hydroxylation is 1. The van der Waals surface area contributed by atoms with Gasteiger partial charge in [0.25, 0.3) is 0 Å². The number of benzene rings is 1. The molecule has 1 atom stereocenters. The third kappa shape index (κ3) is 4.31. The summed E-state index contributed by atoms with van der Waals surface area (Å²) in [4.78, 5) is 20.0. The van der Waals surface area contributed by atoms with E-state index in [1.165, 1.54) is 0 Å². The van der Waals surface area contributed by atoms with E-state index in [-0.39, 0.29) is 30.8 Å². The van der Waals surface area contributed by atoms with E-state index in [2.05, 4.69) is 15.3 Å². The molecule has 1 spiro atoms. The molecular weight excluding hydrogens is 346 g/mol. The van der Waals surface area contributed by atoms with Gasteiger partial charge in [-0.25, -0.2) is 4.98 Å². The van der Waals surface area contributed by atoms with E-state index in [9.17, 15) is 4.79 Å². The molecule has 2 aliphatic heterocycles. The van der Waals surface area contributed by atoms with Crippen LogP contribution in [0, 0.1) is 6.92 Å². The molecule has 0 saturated carbocycles. The highest BCUT2D eigenvalue weighted by molar-refractivity contribution is 5.78. The van der Waals surface area contributed by atoms with Gasteiger partial charge in [-0.3, -0.25) is 4.79 Å². The Morgan fingerprint density at radius 2 is 2.22 bits per heavy atom. The normalized spacial score (nSPS) is 22.2. The summed E-state index contributed by atoms with van der Waals surface area (Å²) in [5.41, 5.74) is 2.93. The molecule has 2 aliphatic rings. The fourth-order valence-electron chi connectivity index (χ4n) is 4.05. The second-order valence-corrected chi connectivity index (χ2v) is 7.55. The number of amides is 1. The number of nitrogens with one attached hydrogen (secondary N) is 2. The average Bonchev–Trinajstić information content (AvgIpc) is 3.07. The van der Waals surface area contributed by atoms with Crippen LogP contribution >= 0.6 is 0 Å². The zero-order valence-electron chi connectivity index (χ0n) is 15.8. The van der Waals surface area contributed by atoms with Crippen molar-refractivity contribution in [1.82, 2.24) is 15.3 Å². The second-order valence-electron chi connectivity index (χ2n) is 7.55. The highest BCUT2D eigenvalue weighted by atomic mass is 16.5. The molecule has 1 aromatic heterocycles. The lowest BCUT2D eigenvalue weighted by Crippen LogP contribution is -2.51. The number of fused-ring (bicyclic) bond motifs is 1. The number of hydrogen-bond donors (Lipinski definition) is 2. The molecule has 2 aromatic rings. The Bertz CT molecular complexity index is 792. The van der Waals surface area contributed by atoms with E-state index in [1.54, 1.807) is 0 Å². The third-order valence-corrected chi connectivity index (χ3v) is 5.50. The summed E-state index contributed by atoms with van der Waals surface area (Å²) in [7, 11) is 0. The smallest absolute Gasteiger partial charge is 0.246 e. The molecule has 0 radical (unpaired) electrons. The summed E-state index contributed by atoms with van der Waals surface area (Å²) in [6.07, 6.45) is 3.50. The summed E-state index contributed by atoms with van der Waals surface area (Å²) in [6, 6.07) is 6.15. The van der Waals surface area contributed by atoms with E-state index in [0.29, 0.717) is 6.61 Å². The Morgan fingerprint density at radius 3 is 3.04 bits per heavy atom. The number of carbonyl (C=O) groups is 1. The first-order chi connectivity index (χ1) is 13.1. The fourth-order valence-corrected chi connectivity index (χ4v) is 4.05. The number of carbonyl (C=O) groups excluding carboxylic acids is 1. The van der Waals surface area contributed by atoms with Gasteiger partial charge in [0.2, 0.25) is 5.91 Å². The molecule has 2 N–H and O–H groups in total. The minimum Gasteiger partial charge on any atom is -0.381 e. The summed E-state index contributed by atoms with van der Waals surface area (Å²) in [6.45, 7) is 4.51. The highest BCUT2D eigenvalue weighted by Crippen LogP contribution is 2.34. The van der Waals surface area contributed by atoms with Gasteiger partial charge in [-0.1, -0.05) is 12.1 Å². The van der Waals surface area contributed by atoms with Crippen LogP contribution in [0.4, 0.5) is 0 Å². The minimum absolute atomic E-state index is 0.0312. The van der Waals surface area contributed by atoms with Crippen LogP contribution < -0.4 is 5.32 Å². The first kappa shape index (κ1) is 18.4. The quantitative estimate of drug-likeness (QED) is 0.839. The number of nitrogens with zero attached hydrogens (tertiary/aromatic N) is 1. The molecule has 146 valence electrons. The summed E-state index contributed by atoms with van der Waals surface area (Å²) >= 11 is 0. The Hall–Kier alpha value is -1.96. The van der Waals surface area contributed by atoms with Crippen molar-refractivity contribution in [2.75, 3.05) is 26.4 Å². The number of aromatic amines is 1. The number of rotatable bonds is 5. The van der Waals surface area contributed by atoms with Crippen molar-refractivity contribution in [3.63, 3.8) is 0 Å². The maximum Gasteiger partial charge on any atom is 0.246 e. The van der Waals surface area contributed by atoms with Crippen LogP contribution in [0.25, 0.3) is 11.0 Å².